The third kappa shape index (κ3) is 5.48. The summed E-state index contributed by atoms with van der Waals surface area (Å²) >= 11 is 11.6. The zero-order valence-electron chi connectivity index (χ0n) is 19.0. The average molecular weight is 491 g/mol. The van der Waals surface area contributed by atoms with Crippen LogP contribution in [-0.2, 0) is 16.0 Å². The van der Waals surface area contributed by atoms with Gasteiger partial charge in [-0.3, -0.25) is 20.4 Å². The molecule has 1 aliphatic heterocycles. The van der Waals surface area contributed by atoms with Crippen molar-refractivity contribution in [1.82, 2.24) is 10.9 Å². The smallest absolute Gasteiger partial charge is 0.243 e. The van der Waals surface area contributed by atoms with Crippen molar-refractivity contribution in [3.63, 3.8) is 0 Å². The summed E-state index contributed by atoms with van der Waals surface area (Å²) in [5.74, 6) is -0.248. The highest BCUT2D eigenvalue weighted by atomic mass is 35.5. The van der Waals surface area contributed by atoms with Crippen LogP contribution in [-0.4, -0.2) is 37.7 Å². The molecule has 8 nitrogen and oxygen atoms in total. The van der Waals surface area contributed by atoms with Crippen LogP contribution in [0, 0.1) is 12.8 Å². The van der Waals surface area contributed by atoms with Crippen LogP contribution in [0.25, 0.3) is 0 Å². The predicted octanol–water partition coefficient (Wildman–Crippen LogP) is 3.60. The van der Waals surface area contributed by atoms with Crippen molar-refractivity contribution in [2.75, 3.05) is 31.0 Å². The van der Waals surface area contributed by atoms with E-state index in [4.69, 9.17) is 33.3 Å². The van der Waals surface area contributed by atoms with Crippen molar-refractivity contribution >= 4 is 52.1 Å². The Balaban J connectivity index is 1.63. The lowest BCUT2D eigenvalue weighted by Crippen LogP contribution is -2.46. The molecule has 1 unspecified atom stereocenters. The van der Waals surface area contributed by atoms with Gasteiger partial charge >= 0.3 is 0 Å². The number of methoxy groups -OCH3 is 2. The van der Waals surface area contributed by atoms with Crippen molar-refractivity contribution < 1.29 is 19.1 Å². The summed E-state index contributed by atoms with van der Waals surface area (Å²) in [5.41, 5.74) is 8.91. The third-order valence-electron chi connectivity index (χ3n) is 5.52. The number of carbonyl (C=O) groups is 2. The first-order valence-electron chi connectivity index (χ1n) is 10.5. The van der Waals surface area contributed by atoms with E-state index in [-0.39, 0.29) is 29.9 Å². The fourth-order valence-corrected chi connectivity index (χ4v) is 4.13. The van der Waals surface area contributed by atoms with Gasteiger partial charge in [-0.1, -0.05) is 36.7 Å². The van der Waals surface area contributed by atoms with Gasteiger partial charge in [-0.25, -0.2) is 0 Å². The molecule has 1 heterocycles. The Morgan fingerprint density at radius 2 is 1.94 bits per heavy atom. The topological polar surface area (TPSA) is 91.9 Å². The SMILES string of the molecule is CCc1cccc(C)c1NC(=S)NNC(=O)C1CC(=O)N(c2cc(Cl)c(OC)cc2OC)C1. The van der Waals surface area contributed by atoms with Gasteiger partial charge in [0.2, 0.25) is 11.8 Å². The van der Waals surface area contributed by atoms with Gasteiger partial charge in [0, 0.05) is 24.7 Å². The van der Waals surface area contributed by atoms with Crippen LogP contribution in [0.1, 0.15) is 24.5 Å². The fraction of sp³-hybridized carbons (Fsp3) is 0.348. The lowest BCUT2D eigenvalue weighted by molar-refractivity contribution is -0.126. The van der Waals surface area contributed by atoms with Gasteiger partial charge in [-0.2, -0.15) is 0 Å². The number of ether oxygens (including phenoxy) is 2. The van der Waals surface area contributed by atoms with E-state index in [1.54, 1.807) is 12.1 Å². The highest BCUT2D eigenvalue weighted by Gasteiger charge is 2.36. The molecule has 33 heavy (non-hydrogen) atoms. The van der Waals surface area contributed by atoms with E-state index in [2.05, 4.69) is 23.1 Å². The van der Waals surface area contributed by atoms with Crippen LogP contribution in [0.4, 0.5) is 11.4 Å². The van der Waals surface area contributed by atoms with Crippen LogP contribution in [0.2, 0.25) is 5.02 Å². The number of amides is 2. The molecule has 1 saturated heterocycles. The molecule has 1 aliphatic rings. The van der Waals surface area contributed by atoms with Crippen LogP contribution < -0.4 is 30.5 Å². The number of anilines is 2. The summed E-state index contributed by atoms with van der Waals surface area (Å²) in [7, 11) is 2.99. The fourth-order valence-electron chi connectivity index (χ4n) is 3.74. The van der Waals surface area contributed by atoms with Crippen molar-refractivity contribution in [2.45, 2.75) is 26.7 Å². The number of thiocarbonyl (C=S) groups is 1. The molecule has 0 aliphatic carbocycles. The zero-order chi connectivity index (χ0) is 24.1. The molecule has 0 radical (unpaired) electrons. The molecule has 3 rings (SSSR count). The lowest BCUT2D eigenvalue weighted by atomic mass is 10.1. The number of aryl methyl sites for hydroxylation is 2. The van der Waals surface area contributed by atoms with E-state index in [1.165, 1.54) is 19.1 Å². The van der Waals surface area contributed by atoms with Crippen LogP contribution in [0.5, 0.6) is 11.5 Å². The minimum atomic E-state index is -0.567. The molecular weight excluding hydrogens is 464 g/mol. The number of hydrogen-bond donors (Lipinski definition) is 3. The number of benzene rings is 2. The molecule has 2 amide bonds. The standard InChI is InChI=1S/C23H27ClN4O4S/c1-5-14-8-6-7-13(2)21(14)25-23(33)27-26-22(30)15-9-20(29)28(12-15)17-10-16(24)18(31-3)11-19(17)32-4/h6-8,10-11,15H,5,9,12H2,1-4H3,(H,26,30)(H2,25,27,33). The van der Waals surface area contributed by atoms with Gasteiger partial charge in [0.25, 0.3) is 0 Å². The lowest BCUT2D eigenvalue weighted by Gasteiger charge is -2.21. The Hall–Kier alpha value is -3.04. The van der Waals surface area contributed by atoms with Gasteiger partial charge in [0.1, 0.15) is 11.5 Å². The summed E-state index contributed by atoms with van der Waals surface area (Å²) in [6.45, 7) is 4.23. The minimum absolute atomic E-state index is 0.0539. The van der Waals surface area contributed by atoms with Crippen molar-refractivity contribution in [3.05, 3.63) is 46.5 Å². The second kappa shape index (κ2) is 10.7. The van der Waals surface area contributed by atoms with E-state index in [1.807, 2.05) is 25.1 Å². The van der Waals surface area contributed by atoms with Crippen molar-refractivity contribution in [3.8, 4) is 11.5 Å². The molecule has 1 atom stereocenters. The second-order valence-electron chi connectivity index (χ2n) is 7.59. The summed E-state index contributed by atoms with van der Waals surface area (Å²) in [5, 5.41) is 3.74. The first-order valence-corrected chi connectivity index (χ1v) is 11.2. The predicted molar refractivity (Wildman–Crippen MR) is 133 cm³/mol. The summed E-state index contributed by atoms with van der Waals surface area (Å²) in [4.78, 5) is 26.9. The maximum Gasteiger partial charge on any atom is 0.243 e. The van der Waals surface area contributed by atoms with E-state index in [9.17, 15) is 9.59 Å². The first-order chi connectivity index (χ1) is 15.8. The zero-order valence-corrected chi connectivity index (χ0v) is 20.5. The normalized spacial score (nSPS) is 15.2. The maximum absolute atomic E-state index is 12.7. The Kier molecular flexibility index (Phi) is 7.99. The Bertz CT molecular complexity index is 1080. The van der Waals surface area contributed by atoms with E-state index < -0.39 is 5.92 Å². The number of nitrogens with zero attached hydrogens (tertiary/aromatic N) is 1. The Morgan fingerprint density at radius 1 is 1.21 bits per heavy atom. The quantitative estimate of drug-likeness (QED) is 0.421. The average Bonchev–Trinajstić information content (AvgIpc) is 3.20. The van der Waals surface area contributed by atoms with Crippen LogP contribution in [0.3, 0.4) is 0 Å². The monoisotopic (exact) mass is 490 g/mol. The molecule has 2 aromatic rings. The van der Waals surface area contributed by atoms with E-state index in [0.717, 1.165) is 23.2 Å². The Morgan fingerprint density at radius 3 is 2.61 bits per heavy atom. The molecule has 176 valence electrons. The first kappa shape index (κ1) is 24.6. The van der Waals surface area contributed by atoms with Crippen molar-refractivity contribution in [1.29, 1.82) is 0 Å². The molecule has 3 N–H and O–H groups in total. The Labute approximate surface area is 203 Å². The largest absolute Gasteiger partial charge is 0.495 e. The highest BCUT2D eigenvalue weighted by molar-refractivity contribution is 7.80. The highest BCUT2D eigenvalue weighted by Crippen LogP contribution is 2.40. The summed E-state index contributed by atoms with van der Waals surface area (Å²) in [6.07, 6.45) is 0.899. The number of hydrazine groups is 1. The molecule has 2 aromatic carbocycles. The number of nitrogens with one attached hydrogen (secondary N) is 3. The van der Waals surface area contributed by atoms with Gasteiger partial charge in [0.15, 0.2) is 5.11 Å². The molecular formula is C23H27ClN4O4S. The molecule has 10 heteroatoms. The van der Waals surface area contributed by atoms with Gasteiger partial charge in [0.05, 0.1) is 30.8 Å². The molecule has 0 aromatic heterocycles. The molecule has 0 saturated carbocycles. The van der Waals surface area contributed by atoms with Gasteiger partial charge in [-0.05, 0) is 42.8 Å². The molecule has 0 bridgehead atoms. The second-order valence-corrected chi connectivity index (χ2v) is 8.41. The van der Waals surface area contributed by atoms with Crippen molar-refractivity contribution in [2.24, 2.45) is 5.92 Å². The van der Waals surface area contributed by atoms with E-state index >= 15 is 0 Å². The summed E-state index contributed by atoms with van der Waals surface area (Å²) in [6, 6.07) is 9.21. The molecule has 0 spiro atoms. The number of rotatable bonds is 6. The number of hydrogen-bond acceptors (Lipinski definition) is 5. The maximum atomic E-state index is 12.7. The third-order valence-corrected chi connectivity index (χ3v) is 6.02. The van der Waals surface area contributed by atoms with Gasteiger partial charge < -0.3 is 19.7 Å². The summed E-state index contributed by atoms with van der Waals surface area (Å²) < 4.78 is 10.6. The molecule has 1 fully saturated rings. The van der Waals surface area contributed by atoms with Crippen LogP contribution in [0.15, 0.2) is 30.3 Å². The van der Waals surface area contributed by atoms with Crippen LogP contribution >= 0.6 is 23.8 Å². The number of para-hydroxylation sites is 1. The minimum Gasteiger partial charge on any atom is -0.495 e. The van der Waals surface area contributed by atoms with Gasteiger partial charge in [-0.15, -0.1) is 0 Å². The van der Waals surface area contributed by atoms with E-state index in [0.29, 0.717) is 22.2 Å². The number of carbonyl (C=O) groups excluding carboxylic acids is 2. The number of halogens is 1.